The lowest BCUT2D eigenvalue weighted by Gasteiger charge is -2.57. The summed E-state index contributed by atoms with van der Waals surface area (Å²) >= 11 is 0. The highest BCUT2D eigenvalue weighted by Crippen LogP contribution is 2.61. The van der Waals surface area contributed by atoms with Gasteiger partial charge in [-0.15, -0.1) is 6.58 Å². The Bertz CT molecular complexity index is 766. The number of benzene rings is 1. The summed E-state index contributed by atoms with van der Waals surface area (Å²) in [4.78, 5) is 13.6. The predicted octanol–water partition coefficient (Wildman–Crippen LogP) is 6.15. The normalized spacial score (nSPS) is 32.4. The molecule has 1 unspecified atom stereocenters. The van der Waals surface area contributed by atoms with Crippen molar-refractivity contribution in [2.24, 2.45) is 22.7 Å². The van der Waals surface area contributed by atoms with Crippen molar-refractivity contribution in [2.45, 2.75) is 59.3 Å². The third-order valence-electron chi connectivity index (χ3n) is 7.38. The van der Waals surface area contributed by atoms with Gasteiger partial charge in [0.1, 0.15) is 0 Å². The van der Waals surface area contributed by atoms with Gasteiger partial charge in [0.25, 0.3) is 0 Å². The summed E-state index contributed by atoms with van der Waals surface area (Å²) in [5.41, 5.74) is 5.02. The van der Waals surface area contributed by atoms with Crippen molar-refractivity contribution in [3.05, 3.63) is 59.2 Å². The molecule has 25 heavy (non-hydrogen) atoms. The molecule has 0 spiro atoms. The van der Waals surface area contributed by atoms with E-state index in [2.05, 4.69) is 45.6 Å². The van der Waals surface area contributed by atoms with Crippen molar-refractivity contribution in [2.75, 3.05) is 0 Å². The number of aryl methyl sites for hydroxylation is 1. The fourth-order valence-corrected chi connectivity index (χ4v) is 5.78. The van der Waals surface area contributed by atoms with Gasteiger partial charge in [-0.25, -0.2) is 0 Å². The molecular weight excluding hydrogens is 304 g/mol. The number of ketones is 1. The van der Waals surface area contributed by atoms with E-state index in [0.717, 1.165) is 42.7 Å². The third kappa shape index (κ3) is 2.55. The summed E-state index contributed by atoms with van der Waals surface area (Å²) in [6.45, 7) is 11.1. The van der Waals surface area contributed by atoms with E-state index in [1.807, 2.05) is 12.1 Å². The van der Waals surface area contributed by atoms with Crippen molar-refractivity contribution in [1.29, 1.82) is 0 Å². The molecule has 1 aromatic carbocycles. The van der Waals surface area contributed by atoms with E-state index in [0.29, 0.717) is 17.1 Å². The van der Waals surface area contributed by atoms with Crippen molar-refractivity contribution in [3.63, 3.8) is 0 Å². The summed E-state index contributed by atoms with van der Waals surface area (Å²) < 4.78 is 0. The maximum Gasteiger partial charge on any atom is 0.169 e. The standard InChI is InChI=1S/C24H30O/c1-16(2)14-24(12-11-17-7-5-6-8-20(17)22(24)25)15-18-9-10-19-13-21(18)23(19,3)4/h5-9,19,21H,1,10-15H2,2-4H3/t19-,21-,24?/m0/s1. The Hall–Kier alpha value is -1.63. The van der Waals surface area contributed by atoms with E-state index >= 15 is 0 Å². The second kappa shape index (κ2) is 5.69. The number of carbonyl (C=O) groups excluding carboxylic acids is 1. The van der Waals surface area contributed by atoms with Gasteiger partial charge in [-0.3, -0.25) is 4.79 Å². The summed E-state index contributed by atoms with van der Waals surface area (Å²) in [6, 6.07) is 8.21. The maximum absolute atomic E-state index is 13.6. The van der Waals surface area contributed by atoms with Crippen LogP contribution in [0, 0.1) is 22.7 Å². The van der Waals surface area contributed by atoms with Gasteiger partial charge in [0, 0.05) is 11.0 Å². The number of Topliss-reactive ketones (excluding diaryl/α,β-unsaturated/α-hetero) is 1. The van der Waals surface area contributed by atoms with Gasteiger partial charge < -0.3 is 0 Å². The van der Waals surface area contributed by atoms with Gasteiger partial charge in [-0.2, -0.15) is 0 Å². The lowest BCUT2D eigenvalue weighted by molar-refractivity contribution is -0.0121. The Morgan fingerprint density at radius 1 is 1.28 bits per heavy atom. The lowest BCUT2D eigenvalue weighted by Crippen LogP contribution is -2.49. The number of allylic oxidation sites excluding steroid dienone is 3. The Morgan fingerprint density at radius 3 is 2.72 bits per heavy atom. The SMILES string of the molecule is C=C(C)CC1(CC2=CC[C@H]3C[C@@H]2C3(C)C)CCc2ccccc2C1=O. The molecular formula is C24H30O. The van der Waals surface area contributed by atoms with Crippen molar-refractivity contribution in [3.8, 4) is 0 Å². The highest BCUT2D eigenvalue weighted by atomic mass is 16.1. The van der Waals surface area contributed by atoms with Crippen LogP contribution in [0.25, 0.3) is 0 Å². The summed E-state index contributed by atoms with van der Waals surface area (Å²) in [5, 5.41) is 0. The molecule has 2 bridgehead atoms. The molecule has 0 radical (unpaired) electrons. The van der Waals surface area contributed by atoms with Gasteiger partial charge in [-0.05, 0) is 68.3 Å². The van der Waals surface area contributed by atoms with E-state index in [1.54, 1.807) is 5.57 Å². The number of hydrogen-bond donors (Lipinski definition) is 0. The molecule has 132 valence electrons. The second-order valence-corrected chi connectivity index (χ2v) is 9.40. The van der Waals surface area contributed by atoms with Crippen LogP contribution in [0.3, 0.4) is 0 Å². The van der Waals surface area contributed by atoms with Gasteiger partial charge >= 0.3 is 0 Å². The Kier molecular flexibility index (Phi) is 3.83. The molecule has 1 nitrogen and oxygen atoms in total. The summed E-state index contributed by atoms with van der Waals surface area (Å²) in [5.74, 6) is 1.89. The van der Waals surface area contributed by atoms with Gasteiger partial charge in [0.05, 0.1) is 0 Å². The Labute approximate surface area is 152 Å². The molecule has 0 amide bonds. The molecule has 1 heteroatoms. The molecule has 0 N–H and O–H groups in total. The van der Waals surface area contributed by atoms with Crippen molar-refractivity contribution < 1.29 is 4.79 Å². The van der Waals surface area contributed by atoms with Crippen LogP contribution in [-0.4, -0.2) is 5.78 Å². The van der Waals surface area contributed by atoms with E-state index in [4.69, 9.17) is 0 Å². The van der Waals surface area contributed by atoms with E-state index in [1.165, 1.54) is 18.4 Å². The number of rotatable bonds is 4. The minimum Gasteiger partial charge on any atom is -0.294 e. The molecule has 0 aliphatic heterocycles. The van der Waals surface area contributed by atoms with Crippen molar-refractivity contribution in [1.82, 2.24) is 0 Å². The number of carbonyl (C=O) groups is 1. The molecule has 0 aromatic heterocycles. The third-order valence-corrected chi connectivity index (χ3v) is 7.38. The van der Waals surface area contributed by atoms with E-state index in [9.17, 15) is 4.79 Å². The van der Waals surface area contributed by atoms with Crippen LogP contribution in [0.1, 0.15) is 68.8 Å². The molecule has 1 fully saturated rings. The van der Waals surface area contributed by atoms with Crippen LogP contribution in [0.5, 0.6) is 0 Å². The molecule has 1 saturated carbocycles. The molecule has 3 atom stereocenters. The molecule has 4 aliphatic rings. The molecule has 1 aromatic rings. The first-order chi connectivity index (χ1) is 11.8. The largest absolute Gasteiger partial charge is 0.294 e. The van der Waals surface area contributed by atoms with Crippen molar-refractivity contribution >= 4 is 5.78 Å². The van der Waals surface area contributed by atoms with Crippen LogP contribution in [-0.2, 0) is 6.42 Å². The molecule has 5 rings (SSSR count). The average molecular weight is 335 g/mol. The van der Waals surface area contributed by atoms with Crippen LogP contribution in [0.15, 0.2) is 48.1 Å². The van der Waals surface area contributed by atoms with Gasteiger partial charge in [0.15, 0.2) is 5.78 Å². The zero-order chi connectivity index (χ0) is 17.8. The van der Waals surface area contributed by atoms with Crippen LogP contribution < -0.4 is 0 Å². The first-order valence-electron chi connectivity index (χ1n) is 9.79. The zero-order valence-electron chi connectivity index (χ0n) is 15.9. The molecule has 0 saturated heterocycles. The highest BCUT2D eigenvalue weighted by Gasteiger charge is 2.53. The molecule has 4 aliphatic carbocycles. The highest BCUT2D eigenvalue weighted by molar-refractivity contribution is 6.03. The monoisotopic (exact) mass is 334 g/mol. The van der Waals surface area contributed by atoms with Crippen LogP contribution in [0.2, 0.25) is 0 Å². The summed E-state index contributed by atoms with van der Waals surface area (Å²) in [7, 11) is 0. The number of hydrogen-bond acceptors (Lipinski definition) is 1. The predicted molar refractivity (Wildman–Crippen MR) is 104 cm³/mol. The lowest BCUT2D eigenvalue weighted by atomic mass is 9.47. The van der Waals surface area contributed by atoms with Gasteiger partial charge in [0.2, 0.25) is 0 Å². The van der Waals surface area contributed by atoms with E-state index in [-0.39, 0.29) is 5.41 Å². The Morgan fingerprint density at radius 2 is 2.04 bits per heavy atom. The first-order valence-corrected chi connectivity index (χ1v) is 9.79. The number of fused-ring (bicyclic) bond motifs is 2. The summed E-state index contributed by atoms with van der Waals surface area (Å²) in [6.07, 6.45) is 8.74. The maximum atomic E-state index is 13.6. The first kappa shape index (κ1) is 16.8. The topological polar surface area (TPSA) is 17.1 Å². The zero-order valence-corrected chi connectivity index (χ0v) is 15.9. The molecule has 0 heterocycles. The van der Waals surface area contributed by atoms with Crippen LogP contribution >= 0.6 is 0 Å². The van der Waals surface area contributed by atoms with E-state index < -0.39 is 0 Å². The second-order valence-electron chi connectivity index (χ2n) is 9.40. The smallest absolute Gasteiger partial charge is 0.169 e. The van der Waals surface area contributed by atoms with Gasteiger partial charge in [-0.1, -0.05) is 55.3 Å². The minimum atomic E-state index is -0.273. The fraction of sp³-hybridized carbons (Fsp3) is 0.542. The van der Waals surface area contributed by atoms with Crippen LogP contribution in [0.4, 0.5) is 0 Å². The quantitative estimate of drug-likeness (QED) is 0.603. The average Bonchev–Trinajstić information content (AvgIpc) is 2.58. The minimum absolute atomic E-state index is 0.273. The Balaban J connectivity index is 1.69. The fourth-order valence-electron chi connectivity index (χ4n) is 5.78.